The van der Waals surface area contributed by atoms with Gasteiger partial charge in [0.15, 0.2) is 0 Å². The van der Waals surface area contributed by atoms with Crippen molar-refractivity contribution in [2.24, 2.45) is 5.92 Å². The van der Waals surface area contributed by atoms with Gasteiger partial charge in [0.05, 0.1) is 6.61 Å². The van der Waals surface area contributed by atoms with Crippen LogP contribution in [-0.2, 0) is 20.9 Å². The molecule has 0 aliphatic carbocycles. The SMILES string of the molecule is CCOC(=O)[C@H]1[C@H](O)C(=O)N(Cc2ccccc2)[C@@H]1C. The molecule has 2 rings (SSSR count). The van der Waals surface area contributed by atoms with E-state index in [1.54, 1.807) is 13.8 Å². The van der Waals surface area contributed by atoms with Gasteiger partial charge in [-0.15, -0.1) is 0 Å². The maximum Gasteiger partial charge on any atom is 0.314 e. The molecule has 1 aliphatic heterocycles. The molecule has 1 heterocycles. The van der Waals surface area contributed by atoms with Crippen LogP contribution in [0.15, 0.2) is 30.3 Å². The van der Waals surface area contributed by atoms with E-state index < -0.39 is 23.9 Å². The first-order chi connectivity index (χ1) is 9.56. The van der Waals surface area contributed by atoms with Gasteiger partial charge in [0, 0.05) is 12.6 Å². The predicted octanol–water partition coefficient (Wildman–Crippen LogP) is 0.957. The minimum atomic E-state index is -1.31. The lowest BCUT2D eigenvalue weighted by Gasteiger charge is -2.23. The third kappa shape index (κ3) is 2.67. The lowest BCUT2D eigenvalue weighted by atomic mass is 9.99. The fourth-order valence-corrected chi connectivity index (χ4v) is 2.55. The number of carbonyl (C=O) groups excluding carboxylic acids is 2. The van der Waals surface area contributed by atoms with Crippen molar-refractivity contribution in [3.8, 4) is 0 Å². The molecule has 1 aromatic carbocycles. The van der Waals surface area contributed by atoms with Crippen molar-refractivity contribution >= 4 is 11.9 Å². The van der Waals surface area contributed by atoms with E-state index in [-0.39, 0.29) is 12.6 Å². The van der Waals surface area contributed by atoms with Crippen LogP contribution < -0.4 is 0 Å². The lowest BCUT2D eigenvalue weighted by Crippen LogP contribution is -2.35. The molecule has 0 bridgehead atoms. The fourth-order valence-electron chi connectivity index (χ4n) is 2.55. The van der Waals surface area contributed by atoms with Crippen LogP contribution in [0.1, 0.15) is 19.4 Å². The minimum absolute atomic E-state index is 0.238. The lowest BCUT2D eigenvalue weighted by molar-refractivity contribution is -0.152. The first-order valence-corrected chi connectivity index (χ1v) is 6.75. The number of ether oxygens (including phenoxy) is 1. The van der Waals surface area contributed by atoms with Crippen molar-refractivity contribution in [3.05, 3.63) is 35.9 Å². The van der Waals surface area contributed by atoms with Crippen LogP contribution in [0.25, 0.3) is 0 Å². The Morgan fingerprint density at radius 1 is 1.35 bits per heavy atom. The van der Waals surface area contributed by atoms with E-state index in [1.165, 1.54) is 4.90 Å². The van der Waals surface area contributed by atoms with Crippen molar-refractivity contribution in [2.75, 3.05) is 6.61 Å². The second-order valence-corrected chi connectivity index (χ2v) is 4.92. The van der Waals surface area contributed by atoms with E-state index in [2.05, 4.69) is 0 Å². The van der Waals surface area contributed by atoms with E-state index in [0.29, 0.717) is 6.54 Å². The maximum absolute atomic E-state index is 12.1. The van der Waals surface area contributed by atoms with Crippen LogP contribution >= 0.6 is 0 Å². The van der Waals surface area contributed by atoms with Gasteiger partial charge in [-0.3, -0.25) is 9.59 Å². The zero-order chi connectivity index (χ0) is 14.7. The monoisotopic (exact) mass is 277 g/mol. The molecule has 1 aliphatic rings. The number of nitrogens with zero attached hydrogens (tertiary/aromatic N) is 1. The summed E-state index contributed by atoms with van der Waals surface area (Å²) in [5.74, 6) is -1.75. The third-order valence-corrected chi connectivity index (χ3v) is 3.64. The highest BCUT2D eigenvalue weighted by Gasteiger charge is 2.49. The van der Waals surface area contributed by atoms with Crippen LogP contribution in [-0.4, -0.2) is 40.6 Å². The Morgan fingerprint density at radius 2 is 2.00 bits per heavy atom. The molecule has 108 valence electrons. The first kappa shape index (κ1) is 14.5. The Balaban J connectivity index is 2.15. The molecule has 5 nitrogen and oxygen atoms in total. The molecular formula is C15H19NO4. The maximum atomic E-state index is 12.1. The van der Waals surface area contributed by atoms with Gasteiger partial charge in [-0.25, -0.2) is 0 Å². The van der Waals surface area contributed by atoms with Gasteiger partial charge in [0.1, 0.15) is 12.0 Å². The topological polar surface area (TPSA) is 66.8 Å². The van der Waals surface area contributed by atoms with E-state index in [1.807, 2.05) is 30.3 Å². The fraction of sp³-hybridized carbons (Fsp3) is 0.467. The van der Waals surface area contributed by atoms with Gasteiger partial charge in [-0.05, 0) is 19.4 Å². The molecule has 0 unspecified atom stereocenters. The molecule has 0 saturated carbocycles. The van der Waals surface area contributed by atoms with Crippen molar-refractivity contribution in [3.63, 3.8) is 0 Å². The number of hydrogen-bond acceptors (Lipinski definition) is 4. The van der Waals surface area contributed by atoms with Gasteiger partial charge in [0.25, 0.3) is 5.91 Å². The average Bonchev–Trinajstić information content (AvgIpc) is 2.64. The summed E-state index contributed by atoms with van der Waals surface area (Å²) in [6.07, 6.45) is -1.31. The third-order valence-electron chi connectivity index (χ3n) is 3.64. The molecular weight excluding hydrogens is 258 g/mol. The largest absolute Gasteiger partial charge is 0.466 e. The number of hydrogen-bond donors (Lipinski definition) is 1. The molecule has 1 saturated heterocycles. The van der Waals surface area contributed by atoms with Gasteiger partial charge < -0.3 is 14.7 Å². The summed E-state index contributed by atoms with van der Waals surface area (Å²) < 4.78 is 4.94. The second-order valence-electron chi connectivity index (χ2n) is 4.92. The van der Waals surface area contributed by atoms with Gasteiger partial charge in [0.2, 0.25) is 0 Å². The number of aliphatic hydroxyl groups is 1. The number of likely N-dealkylation sites (tertiary alicyclic amines) is 1. The Hall–Kier alpha value is -1.88. The Kier molecular flexibility index (Phi) is 4.39. The van der Waals surface area contributed by atoms with Gasteiger partial charge in [-0.2, -0.15) is 0 Å². The number of carbonyl (C=O) groups is 2. The number of rotatable bonds is 4. The van der Waals surface area contributed by atoms with Crippen molar-refractivity contribution < 1.29 is 19.4 Å². The van der Waals surface area contributed by atoms with E-state index in [0.717, 1.165) is 5.56 Å². The van der Waals surface area contributed by atoms with Gasteiger partial charge in [-0.1, -0.05) is 30.3 Å². The summed E-state index contributed by atoms with van der Waals surface area (Å²) in [5, 5.41) is 9.98. The van der Waals surface area contributed by atoms with Crippen LogP contribution in [0.4, 0.5) is 0 Å². The van der Waals surface area contributed by atoms with Crippen molar-refractivity contribution in [2.45, 2.75) is 32.5 Å². The second kappa shape index (κ2) is 6.05. The Bertz CT molecular complexity index is 488. The molecule has 0 radical (unpaired) electrons. The molecule has 1 amide bonds. The summed E-state index contributed by atoms with van der Waals surface area (Å²) in [5.41, 5.74) is 0.962. The van der Waals surface area contributed by atoms with Crippen molar-refractivity contribution in [1.29, 1.82) is 0 Å². The smallest absolute Gasteiger partial charge is 0.314 e. The highest BCUT2D eigenvalue weighted by molar-refractivity contribution is 5.91. The molecule has 0 spiro atoms. The van der Waals surface area contributed by atoms with Crippen molar-refractivity contribution in [1.82, 2.24) is 4.90 Å². The standard InChI is InChI=1S/C15H19NO4/c1-3-20-15(19)12-10(2)16(14(18)13(12)17)9-11-7-5-4-6-8-11/h4-8,10,12-13,17H,3,9H2,1-2H3/t10-,12-,13+/m1/s1. The normalized spacial score (nSPS) is 25.9. The summed E-state index contributed by atoms with van der Waals surface area (Å²) in [6, 6.07) is 9.11. The summed E-state index contributed by atoms with van der Waals surface area (Å²) in [4.78, 5) is 25.5. The van der Waals surface area contributed by atoms with Crippen LogP contribution in [0.5, 0.6) is 0 Å². The molecule has 20 heavy (non-hydrogen) atoms. The minimum Gasteiger partial charge on any atom is -0.466 e. The van der Waals surface area contributed by atoms with Crippen LogP contribution in [0, 0.1) is 5.92 Å². The van der Waals surface area contributed by atoms with E-state index in [9.17, 15) is 14.7 Å². The number of esters is 1. The molecule has 1 N–H and O–H groups in total. The molecule has 5 heteroatoms. The summed E-state index contributed by atoms with van der Waals surface area (Å²) in [7, 11) is 0. The highest BCUT2D eigenvalue weighted by Crippen LogP contribution is 2.28. The molecule has 0 aromatic heterocycles. The molecule has 3 atom stereocenters. The zero-order valence-corrected chi connectivity index (χ0v) is 11.7. The highest BCUT2D eigenvalue weighted by atomic mass is 16.5. The first-order valence-electron chi connectivity index (χ1n) is 6.75. The van der Waals surface area contributed by atoms with Gasteiger partial charge >= 0.3 is 5.97 Å². The van der Waals surface area contributed by atoms with Crippen LogP contribution in [0.3, 0.4) is 0 Å². The number of benzene rings is 1. The Labute approximate surface area is 118 Å². The zero-order valence-electron chi connectivity index (χ0n) is 11.7. The quantitative estimate of drug-likeness (QED) is 0.832. The van der Waals surface area contributed by atoms with E-state index >= 15 is 0 Å². The molecule has 1 fully saturated rings. The van der Waals surface area contributed by atoms with Crippen LogP contribution in [0.2, 0.25) is 0 Å². The number of amides is 1. The van der Waals surface area contributed by atoms with E-state index in [4.69, 9.17) is 4.74 Å². The predicted molar refractivity (Wildman–Crippen MR) is 72.6 cm³/mol. The average molecular weight is 277 g/mol. The Morgan fingerprint density at radius 3 is 2.60 bits per heavy atom. The number of aliphatic hydroxyl groups excluding tert-OH is 1. The summed E-state index contributed by atoms with van der Waals surface area (Å²) in [6.45, 7) is 4.08. The molecule has 1 aromatic rings. The summed E-state index contributed by atoms with van der Waals surface area (Å²) >= 11 is 0.